The average molecular weight is 175 g/mol. The Morgan fingerprint density at radius 2 is 2.08 bits per heavy atom. The number of rotatable bonds is 2. The summed E-state index contributed by atoms with van der Waals surface area (Å²) in [6.07, 6.45) is 9.51. The van der Waals surface area contributed by atoms with Crippen molar-refractivity contribution in [3.05, 3.63) is 29.6 Å². The van der Waals surface area contributed by atoms with Crippen LogP contribution in [0.15, 0.2) is 18.5 Å². The van der Waals surface area contributed by atoms with Gasteiger partial charge in [-0.25, -0.2) is 0 Å². The average Bonchev–Trinajstić information content (AvgIpc) is 2.71. The molecule has 2 nitrogen and oxygen atoms in total. The highest BCUT2D eigenvalue weighted by molar-refractivity contribution is 5.74. The summed E-state index contributed by atoms with van der Waals surface area (Å²) in [4.78, 5) is 14.6. The van der Waals surface area contributed by atoms with Crippen LogP contribution >= 0.6 is 0 Å². The molecule has 0 bridgehead atoms. The molecule has 1 aliphatic rings. The second kappa shape index (κ2) is 3.69. The van der Waals surface area contributed by atoms with Gasteiger partial charge in [0.2, 0.25) is 0 Å². The van der Waals surface area contributed by atoms with Crippen LogP contribution < -0.4 is 0 Å². The molecule has 0 atom stereocenters. The molecular formula is C11H13NO. The van der Waals surface area contributed by atoms with Crippen molar-refractivity contribution in [2.75, 3.05) is 0 Å². The summed E-state index contributed by atoms with van der Waals surface area (Å²) in [6.45, 7) is 0. The smallest absolute Gasteiger partial charge is 0.151 e. The van der Waals surface area contributed by atoms with E-state index in [9.17, 15) is 4.79 Å². The van der Waals surface area contributed by atoms with E-state index < -0.39 is 0 Å². The fourth-order valence-electron chi connectivity index (χ4n) is 2.02. The predicted molar refractivity (Wildman–Crippen MR) is 50.8 cm³/mol. The molecular weight excluding hydrogens is 162 g/mol. The van der Waals surface area contributed by atoms with Crippen molar-refractivity contribution in [2.45, 2.75) is 31.6 Å². The van der Waals surface area contributed by atoms with E-state index in [1.54, 1.807) is 6.20 Å². The van der Waals surface area contributed by atoms with E-state index in [-0.39, 0.29) is 0 Å². The zero-order valence-corrected chi connectivity index (χ0v) is 7.57. The zero-order valence-electron chi connectivity index (χ0n) is 7.57. The molecule has 1 fully saturated rings. The predicted octanol–water partition coefficient (Wildman–Crippen LogP) is 2.55. The van der Waals surface area contributed by atoms with Crippen molar-refractivity contribution in [3.8, 4) is 0 Å². The third-order valence-electron chi connectivity index (χ3n) is 2.74. The van der Waals surface area contributed by atoms with Crippen LogP contribution in [0, 0.1) is 0 Å². The number of hydrogen-bond donors (Lipinski definition) is 0. The molecule has 1 aromatic rings. The highest BCUT2D eigenvalue weighted by Crippen LogP contribution is 2.33. The molecule has 1 saturated carbocycles. The lowest BCUT2D eigenvalue weighted by molar-refractivity contribution is 0.112. The second-order valence-electron chi connectivity index (χ2n) is 3.65. The molecule has 0 saturated heterocycles. The van der Waals surface area contributed by atoms with E-state index >= 15 is 0 Å². The largest absolute Gasteiger partial charge is 0.298 e. The topological polar surface area (TPSA) is 30.0 Å². The van der Waals surface area contributed by atoms with Crippen molar-refractivity contribution in [2.24, 2.45) is 0 Å². The number of pyridine rings is 1. The minimum atomic E-state index is 0.646. The Bertz CT molecular complexity index is 303. The monoisotopic (exact) mass is 175 g/mol. The van der Waals surface area contributed by atoms with Crippen molar-refractivity contribution >= 4 is 6.29 Å². The van der Waals surface area contributed by atoms with Gasteiger partial charge in [0.15, 0.2) is 6.29 Å². The minimum Gasteiger partial charge on any atom is -0.298 e. The number of aldehydes is 1. The van der Waals surface area contributed by atoms with Crippen molar-refractivity contribution in [1.82, 2.24) is 4.98 Å². The summed E-state index contributed by atoms with van der Waals surface area (Å²) in [5, 5.41) is 0. The summed E-state index contributed by atoms with van der Waals surface area (Å²) in [5.41, 5.74) is 1.94. The first-order valence-electron chi connectivity index (χ1n) is 4.80. The molecule has 2 rings (SSSR count). The molecule has 1 aliphatic carbocycles. The van der Waals surface area contributed by atoms with Crippen LogP contribution in [0.1, 0.15) is 47.5 Å². The fourth-order valence-corrected chi connectivity index (χ4v) is 2.02. The highest BCUT2D eigenvalue weighted by atomic mass is 16.1. The van der Waals surface area contributed by atoms with Gasteiger partial charge in [0.1, 0.15) is 0 Å². The lowest BCUT2D eigenvalue weighted by Gasteiger charge is -2.08. The third-order valence-corrected chi connectivity index (χ3v) is 2.74. The van der Waals surface area contributed by atoms with E-state index in [0.29, 0.717) is 11.5 Å². The van der Waals surface area contributed by atoms with E-state index in [0.717, 1.165) is 6.29 Å². The Morgan fingerprint density at radius 1 is 1.31 bits per heavy atom. The van der Waals surface area contributed by atoms with Crippen LogP contribution in [0.25, 0.3) is 0 Å². The number of hydrogen-bond acceptors (Lipinski definition) is 2. The normalized spacial score (nSPS) is 17.5. The van der Waals surface area contributed by atoms with Crippen LogP contribution in [0.3, 0.4) is 0 Å². The molecule has 0 N–H and O–H groups in total. The quantitative estimate of drug-likeness (QED) is 0.646. The van der Waals surface area contributed by atoms with Gasteiger partial charge in [-0.3, -0.25) is 9.78 Å². The number of carbonyl (C=O) groups excluding carboxylic acids is 1. The van der Waals surface area contributed by atoms with Crippen molar-refractivity contribution in [1.29, 1.82) is 0 Å². The van der Waals surface area contributed by atoms with Gasteiger partial charge >= 0.3 is 0 Å². The molecule has 0 radical (unpaired) electrons. The molecule has 1 heterocycles. The van der Waals surface area contributed by atoms with E-state index in [1.165, 1.54) is 31.2 Å². The summed E-state index contributed by atoms with van der Waals surface area (Å²) in [7, 11) is 0. The van der Waals surface area contributed by atoms with Crippen molar-refractivity contribution < 1.29 is 4.79 Å². The zero-order chi connectivity index (χ0) is 9.10. The Hall–Kier alpha value is -1.18. The van der Waals surface area contributed by atoms with Gasteiger partial charge in [-0.15, -0.1) is 0 Å². The van der Waals surface area contributed by atoms with Gasteiger partial charge in [-0.2, -0.15) is 0 Å². The lowest BCUT2D eigenvalue weighted by atomic mass is 9.99. The Kier molecular flexibility index (Phi) is 2.39. The van der Waals surface area contributed by atoms with Gasteiger partial charge in [0, 0.05) is 18.0 Å². The SMILES string of the molecule is O=Cc1cncc(C2CCCC2)c1. The Balaban J connectivity index is 2.23. The second-order valence-corrected chi connectivity index (χ2v) is 3.65. The number of carbonyl (C=O) groups is 1. The van der Waals surface area contributed by atoms with Gasteiger partial charge in [0.05, 0.1) is 0 Å². The Labute approximate surface area is 78.0 Å². The third kappa shape index (κ3) is 1.77. The molecule has 0 unspecified atom stereocenters. The number of nitrogens with zero attached hydrogens (tertiary/aromatic N) is 1. The summed E-state index contributed by atoms with van der Waals surface area (Å²) >= 11 is 0. The van der Waals surface area contributed by atoms with Gasteiger partial charge in [-0.05, 0) is 30.4 Å². The van der Waals surface area contributed by atoms with Gasteiger partial charge in [-0.1, -0.05) is 12.8 Å². The molecule has 1 aromatic heterocycles. The Morgan fingerprint density at radius 3 is 2.77 bits per heavy atom. The summed E-state index contributed by atoms with van der Waals surface area (Å²) < 4.78 is 0. The summed E-state index contributed by atoms with van der Waals surface area (Å²) in [6, 6.07) is 1.97. The molecule has 2 heteroatoms. The maximum absolute atomic E-state index is 10.5. The molecule has 68 valence electrons. The number of aromatic nitrogens is 1. The molecule has 0 aromatic carbocycles. The van der Waals surface area contributed by atoms with Crippen LogP contribution in [-0.4, -0.2) is 11.3 Å². The van der Waals surface area contributed by atoms with Crippen LogP contribution in [-0.2, 0) is 0 Å². The first-order chi connectivity index (χ1) is 6.40. The molecule has 0 amide bonds. The highest BCUT2D eigenvalue weighted by Gasteiger charge is 2.17. The minimum absolute atomic E-state index is 0.646. The fraction of sp³-hybridized carbons (Fsp3) is 0.455. The molecule has 13 heavy (non-hydrogen) atoms. The standard InChI is InChI=1S/C11H13NO/c13-8-9-5-11(7-12-6-9)10-3-1-2-4-10/h5-8,10H,1-4H2. The van der Waals surface area contributed by atoms with Crippen LogP contribution in [0.2, 0.25) is 0 Å². The first kappa shape index (κ1) is 8.42. The van der Waals surface area contributed by atoms with Gasteiger partial charge in [0.25, 0.3) is 0 Å². The van der Waals surface area contributed by atoms with E-state index in [1.807, 2.05) is 12.3 Å². The first-order valence-corrected chi connectivity index (χ1v) is 4.80. The van der Waals surface area contributed by atoms with Crippen LogP contribution in [0.4, 0.5) is 0 Å². The van der Waals surface area contributed by atoms with Crippen molar-refractivity contribution in [3.63, 3.8) is 0 Å². The van der Waals surface area contributed by atoms with E-state index in [4.69, 9.17) is 0 Å². The maximum Gasteiger partial charge on any atom is 0.151 e. The lowest BCUT2D eigenvalue weighted by Crippen LogP contribution is -1.94. The van der Waals surface area contributed by atoms with Gasteiger partial charge < -0.3 is 0 Å². The van der Waals surface area contributed by atoms with E-state index in [2.05, 4.69) is 4.98 Å². The maximum atomic E-state index is 10.5. The summed E-state index contributed by atoms with van der Waals surface area (Å²) in [5.74, 6) is 0.646. The molecule has 0 aliphatic heterocycles. The van der Waals surface area contributed by atoms with Crippen LogP contribution in [0.5, 0.6) is 0 Å². The molecule has 0 spiro atoms.